The minimum Gasteiger partial charge on any atom is -0.493 e. The lowest BCUT2D eigenvalue weighted by Gasteiger charge is -2.14. The second-order valence-electron chi connectivity index (χ2n) is 4.94. The van der Waals surface area contributed by atoms with Crippen molar-refractivity contribution in [3.05, 3.63) is 28.2 Å². The fourth-order valence-corrected chi connectivity index (χ4v) is 2.17. The molecule has 2 N–H and O–H groups in total. The van der Waals surface area contributed by atoms with Crippen LogP contribution in [0, 0.1) is 0 Å². The van der Waals surface area contributed by atoms with Gasteiger partial charge in [0.05, 0.1) is 6.61 Å². The molecule has 0 radical (unpaired) electrons. The van der Waals surface area contributed by atoms with Crippen LogP contribution in [0.2, 0.25) is 0 Å². The van der Waals surface area contributed by atoms with E-state index in [-0.39, 0.29) is 6.04 Å². The summed E-state index contributed by atoms with van der Waals surface area (Å²) in [7, 11) is 4.14. The van der Waals surface area contributed by atoms with Gasteiger partial charge in [-0.05, 0) is 57.6 Å². The molecular weight excluding hydrogens is 292 g/mol. The quantitative estimate of drug-likeness (QED) is 0.786. The van der Waals surface area contributed by atoms with Crippen molar-refractivity contribution in [2.24, 2.45) is 5.73 Å². The lowest BCUT2D eigenvalue weighted by Crippen LogP contribution is -2.19. The van der Waals surface area contributed by atoms with Crippen LogP contribution in [0.4, 0.5) is 0 Å². The van der Waals surface area contributed by atoms with E-state index in [0.29, 0.717) is 0 Å². The smallest absolute Gasteiger partial charge is 0.122 e. The normalized spacial score (nSPS) is 12.8. The zero-order chi connectivity index (χ0) is 13.5. The van der Waals surface area contributed by atoms with E-state index in [1.165, 1.54) is 5.56 Å². The Labute approximate surface area is 118 Å². The topological polar surface area (TPSA) is 38.5 Å². The molecule has 0 aromatic heterocycles. The first-order chi connectivity index (χ1) is 8.49. The third-order valence-electron chi connectivity index (χ3n) is 2.57. The van der Waals surface area contributed by atoms with Gasteiger partial charge in [-0.2, -0.15) is 0 Å². The Bertz CT molecular complexity index is 367. The Morgan fingerprint density at radius 2 is 2.11 bits per heavy atom. The molecule has 0 saturated carbocycles. The summed E-state index contributed by atoms with van der Waals surface area (Å²) in [4.78, 5) is 2.16. The van der Waals surface area contributed by atoms with Crippen LogP contribution in [0.1, 0.15) is 18.9 Å². The first-order valence-electron chi connectivity index (χ1n) is 6.30. The summed E-state index contributed by atoms with van der Waals surface area (Å²) in [6.07, 6.45) is 1.86. The molecule has 18 heavy (non-hydrogen) atoms. The van der Waals surface area contributed by atoms with Crippen molar-refractivity contribution in [1.29, 1.82) is 0 Å². The number of ether oxygens (including phenoxy) is 1. The average Bonchev–Trinajstić information content (AvgIpc) is 2.25. The van der Waals surface area contributed by atoms with Gasteiger partial charge in [-0.25, -0.2) is 0 Å². The molecule has 1 unspecified atom stereocenters. The lowest BCUT2D eigenvalue weighted by atomic mass is 10.1. The third kappa shape index (κ3) is 5.85. The number of benzene rings is 1. The predicted octanol–water partition coefficient (Wildman–Crippen LogP) is 2.67. The predicted molar refractivity (Wildman–Crippen MR) is 80.2 cm³/mol. The summed E-state index contributed by atoms with van der Waals surface area (Å²) in [5.74, 6) is 0.953. The molecule has 0 aliphatic carbocycles. The number of hydrogen-bond donors (Lipinski definition) is 1. The summed E-state index contributed by atoms with van der Waals surface area (Å²) in [5, 5.41) is 0. The fourth-order valence-electron chi connectivity index (χ4n) is 1.76. The minimum absolute atomic E-state index is 0.142. The van der Waals surface area contributed by atoms with Crippen molar-refractivity contribution < 1.29 is 4.74 Å². The van der Waals surface area contributed by atoms with Gasteiger partial charge in [0, 0.05) is 17.1 Å². The van der Waals surface area contributed by atoms with Gasteiger partial charge < -0.3 is 15.4 Å². The van der Waals surface area contributed by atoms with Crippen LogP contribution >= 0.6 is 15.9 Å². The first kappa shape index (κ1) is 15.5. The summed E-state index contributed by atoms with van der Waals surface area (Å²) >= 11 is 3.48. The maximum atomic E-state index is 5.86. The number of rotatable bonds is 7. The highest BCUT2D eigenvalue weighted by molar-refractivity contribution is 9.10. The van der Waals surface area contributed by atoms with Crippen molar-refractivity contribution in [3.63, 3.8) is 0 Å². The molecule has 0 saturated heterocycles. The Morgan fingerprint density at radius 1 is 1.39 bits per heavy atom. The summed E-state index contributed by atoms with van der Waals surface area (Å²) in [6.45, 7) is 3.79. The molecule has 0 heterocycles. The van der Waals surface area contributed by atoms with Crippen LogP contribution in [0.3, 0.4) is 0 Å². The fraction of sp³-hybridized carbons (Fsp3) is 0.571. The van der Waals surface area contributed by atoms with Gasteiger partial charge in [-0.3, -0.25) is 0 Å². The highest BCUT2D eigenvalue weighted by Gasteiger charge is 2.07. The molecule has 3 nitrogen and oxygen atoms in total. The van der Waals surface area contributed by atoms with E-state index >= 15 is 0 Å². The Hall–Kier alpha value is -0.580. The second-order valence-corrected chi connectivity index (χ2v) is 5.85. The number of nitrogens with zero attached hydrogens (tertiary/aromatic N) is 1. The van der Waals surface area contributed by atoms with Gasteiger partial charge in [0.2, 0.25) is 0 Å². The highest BCUT2D eigenvalue weighted by atomic mass is 79.9. The van der Waals surface area contributed by atoms with E-state index in [9.17, 15) is 0 Å². The summed E-state index contributed by atoms with van der Waals surface area (Å²) in [5.41, 5.74) is 7.03. The largest absolute Gasteiger partial charge is 0.493 e. The van der Waals surface area contributed by atoms with Crippen molar-refractivity contribution in [3.8, 4) is 5.75 Å². The minimum atomic E-state index is 0.142. The molecule has 0 amide bonds. The van der Waals surface area contributed by atoms with Crippen LogP contribution in [0.25, 0.3) is 0 Å². The molecule has 1 aromatic rings. The molecule has 0 fully saturated rings. The molecule has 1 rings (SSSR count). The van der Waals surface area contributed by atoms with E-state index in [4.69, 9.17) is 10.5 Å². The molecule has 1 aromatic carbocycles. The zero-order valence-electron chi connectivity index (χ0n) is 11.4. The lowest BCUT2D eigenvalue weighted by molar-refractivity contribution is 0.279. The Morgan fingerprint density at radius 3 is 2.72 bits per heavy atom. The molecular formula is C14H23BrN2O. The van der Waals surface area contributed by atoms with Gasteiger partial charge in [0.15, 0.2) is 0 Å². The SMILES string of the molecule is CC(N)Cc1cc(Br)ccc1OCCCN(C)C. The maximum Gasteiger partial charge on any atom is 0.122 e. The molecule has 4 heteroatoms. The average molecular weight is 315 g/mol. The number of nitrogens with two attached hydrogens (primary N) is 1. The standard InChI is InChI=1S/C14H23BrN2O/c1-11(16)9-12-10-13(15)5-6-14(12)18-8-4-7-17(2)3/h5-6,10-11H,4,7-9,16H2,1-3H3. The highest BCUT2D eigenvalue weighted by Crippen LogP contribution is 2.24. The molecule has 0 aliphatic rings. The molecule has 0 spiro atoms. The zero-order valence-corrected chi connectivity index (χ0v) is 13.0. The second kappa shape index (κ2) is 7.77. The monoisotopic (exact) mass is 314 g/mol. The van der Waals surface area contributed by atoms with Crippen LogP contribution in [-0.4, -0.2) is 38.2 Å². The van der Waals surface area contributed by atoms with Gasteiger partial charge in [0.1, 0.15) is 5.75 Å². The van der Waals surface area contributed by atoms with Gasteiger partial charge in [0.25, 0.3) is 0 Å². The van der Waals surface area contributed by atoms with Crippen LogP contribution < -0.4 is 10.5 Å². The first-order valence-corrected chi connectivity index (χ1v) is 7.10. The van der Waals surface area contributed by atoms with Crippen LogP contribution in [-0.2, 0) is 6.42 Å². The molecule has 102 valence electrons. The van der Waals surface area contributed by atoms with Crippen molar-refractivity contribution in [1.82, 2.24) is 4.90 Å². The van der Waals surface area contributed by atoms with Gasteiger partial charge >= 0.3 is 0 Å². The van der Waals surface area contributed by atoms with Gasteiger partial charge in [-0.15, -0.1) is 0 Å². The number of halogens is 1. The van der Waals surface area contributed by atoms with Crippen molar-refractivity contribution in [2.75, 3.05) is 27.2 Å². The van der Waals surface area contributed by atoms with Gasteiger partial charge in [-0.1, -0.05) is 15.9 Å². The Kier molecular flexibility index (Phi) is 6.68. The molecule has 0 bridgehead atoms. The summed E-state index contributed by atoms with van der Waals surface area (Å²) < 4.78 is 6.91. The van der Waals surface area contributed by atoms with E-state index < -0.39 is 0 Å². The van der Waals surface area contributed by atoms with Crippen LogP contribution in [0.5, 0.6) is 5.75 Å². The maximum absolute atomic E-state index is 5.86. The van der Waals surface area contributed by atoms with E-state index in [1.54, 1.807) is 0 Å². The van der Waals surface area contributed by atoms with Crippen LogP contribution in [0.15, 0.2) is 22.7 Å². The van der Waals surface area contributed by atoms with E-state index in [0.717, 1.165) is 36.2 Å². The third-order valence-corrected chi connectivity index (χ3v) is 3.06. The Balaban J connectivity index is 2.57. The van der Waals surface area contributed by atoms with Crippen molar-refractivity contribution in [2.45, 2.75) is 25.8 Å². The van der Waals surface area contributed by atoms with Crippen molar-refractivity contribution >= 4 is 15.9 Å². The van der Waals surface area contributed by atoms with E-state index in [2.05, 4.69) is 41.0 Å². The number of hydrogen-bond acceptors (Lipinski definition) is 3. The molecule has 1 atom stereocenters. The summed E-state index contributed by atoms with van der Waals surface area (Å²) in [6, 6.07) is 6.25. The van der Waals surface area contributed by atoms with E-state index in [1.807, 2.05) is 19.1 Å². The molecule has 0 aliphatic heterocycles.